The molecule has 29 heavy (non-hydrogen) atoms. The summed E-state index contributed by atoms with van der Waals surface area (Å²) in [5.41, 5.74) is 0.868. The number of nitrogens with one attached hydrogen (secondary N) is 1. The second-order valence-corrected chi connectivity index (χ2v) is 6.92. The molecule has 0 bridgehead atoms. The van der Waals surface area contributed by atoms with E-state index in [0.29, 0.717) is 30.0 Å². The third kappa shape index (κ3) is 5.47. The summed E-state index contributed by atoms with van der Waals surface area (Å²) in [6.07, 6.45) is -4.42. The SMILES string of the molecule is CC(=O)NC1CCN(c2cc(-c3ccc(OC(F)(F)F)c(Cl)c3)ncn2)CC1F. The zero-order valence-electron chi connectivity index (χ0n) is 15.2. The highest BCUT2D eigenvalue weighted by Crippen LogP contribution is 2.34. The Bertz CT molecular complexity index is 896. The van der Waals surface area contributed by atoms with Gasteiger partial charge in [0.1, 0.15) is 24.1 Å². The van der Waals surface area contributed by atoms with Gasteiger partial charge in [-0.3, -0.25) is 4.79 Å². The average Bonchev–Trinajstić information content (AvgIpc) is 2.64. The van der Waals surface area contributed by atoms with Crippen LogP contribution in [0.3, 0.4) is 0 Å². The molecule has 2 atom stereocenters. The first-order chi connectivity index (χ1) is 13.6. The number of hydrogen-bond acceptors (Lipinski definition) is 5. The van der Waals surface area contributed by atoms with Crippen molar-refractivity contribution in [2.75, 3.05) is 18.0 Å². The maximum absolute atomic E-state index is 14.4. The van der Waals surface area contributed by atoms with Crippen LogP contribution >= 0.6 is 11.6 Å². The van der Waals surface area contributed by atoms with Crippen molar-refractivity contribution in [3.63, 3.8) is 0 Å². The number of hydrogen-bond donors (Lipinski definition) is 1. The molecule has 0 aliphatic carbocycles. The molecule has 1 saturated heterocycles. The summed E-state index contributed by atoms with van der Waals surface area (Å²) in [7, 11) is 0. The lowest BCUT2D eigenvalue weighted by Gasteiger charge is -2.35. The van der Waals surface area contributed by atoms with Crippen LogP contribution in [0.4, 0.5) is 23.4 Å². The number of rotatable bonds is 4. The first-order valence-corrected chi connectivity index (χ1v) is 9.04. The van der Waals surface area contributed by atoms with E-state index in [9.17, 15) is 22.4 Å². The van der Waals surface area contributed by atoms with Gasteiger partial charge in [0.25, 0.3) is 0 Å². The van der Waals surface area contributed by atoms with Gasteiger partial charge in [-0.15, -0.1) is 13.2 Å². The molecule has 1 aliphatic rings. The molecule has 0 radical (unpaired) electrons. The topological polar surface area (TPSA) is 67.4 Å². The van der Waals surface area contributed by atoms with Crippen LogP contribution in [0.5, 0.6) is 5.75 Å². The van der Waals surface area contributed by atoms with E-state index in [2.05, 4.69) is 20.0 Å². The summed E-state index contributed by atoms with van der Waals surface area (Å²) in [5.74, 6) is -0.339. The Hall–Kier alpha value is -2.62. The number of alkyl halides is 4. The zero-order chi connectivity index (χ0) is 21.2. The first-order valence-electron chi connectivity index (χ1n) is 8.66. The minimum absolute atomic E-state index is 0.0422. The monoisotopic (exact) mass is 432 g/mol. The molecule has 0 saturated carbocycles. The van der Waals surface area contributed by atoms with Gasteiger partial charge in [-0.2, -0.15) is 0 Å². The zero-order valence-corrected chi connectivity index (χ0v) is 16.0. The molecular weight excluding hydrogens is 416 g/mol. The normalized spacial score (nSPS) is 19.7. The van der Waals surface area contributed by atoms with E-state index in [-0.39, 0.29) is 17.5 Å². The molecule has 1 aromatic carbocycles. The smallest absolute Gasteiger partial charge is 0.404 e. The van der Waals surface area contributed by atoms with E-state index >= 15 is 0 Å². The van der Waals surface area contributed by atoms with Crippen LogP contribution in [0.25, 0.3) is 11.3 Å². The van der Waals surface area contributed by atoms with Crippen LogP contribution in [0.2, 0.25) is 5.02 Å². The third-order valence-electron chi connectivity index (χ3n) is 4.36. The summed E-state index contributed by atoms with van der Waals surface area (Å²) in [4.78, 5) is 21.1. The van der Waals surface area contributed by atoms with Gasteiger partial charge in [0.15, 0.2) is 0 Å². The largest absolute Gasteiger partial charge is 0.573 e. The molecule has 6 nitrogen and oxygen atoms in total. The molecule has 1 amide bonds. The lowest BCUT2D eigenvalue weighted by Crippen LogP contribution is -2.52. The van der Waals surface area contributed by atoms with Crippen LogP contribution in [0.15, 0.2) is 30.6 Å². The number of carbonyl (C=O) groups is 1. The van der Waals surface area contributed by atoms with Crippen molar-refractivity contribution in [1.29, 1.82) is 0 Å². The number of carbonyl (C=O) groups excluding carboxylic acids is 1. The molecule has 3 rings (SSSR count). The van der Waals surface area contributed by atoms with Crippen molar-refractivity contribution in [1.82, 2.24) is 15.3 Å². The summed E-state index contributed by atoms with van der Waals surface area (Å²) < 4.78 is 55.3. The van der Waals surface area contributed by atoms with E-state index in [1.54, 1.807) is 11.0 Å². The van der Waals surface area contributed by atoms with Crippen LogP contribution in [0, 0.1) is 0 Å². The number of benzene rings is 1. The average molecular weight is 433 g/mol. The highest BCUT2D eigenvalue weighted by atomic mass is 35.5. The maximum Gasteiger partial charge on any atom is 0.573 e. The molecule has 2 aromatic rings. The van der Waals surface area contributed by atoms with Crippen LogP contribution in [-0.2, 0) is 4.79 Å². The third-order valence-corrected chi connectivity index (χ3v) is 4.66. The van der Waals surface area contributed by atoms with E-state index in [0.717, 1.165) is 6.07 Å². The fourth-order valence-corrected chi connectivity index (χ4v) is 3.30. The molecule has 2 unspecified atom stereocenters. The summed E-state index contributed by atoms with van der Waals surface area (Å²) in [5, 5.41) is 2.37. The van der Waals surface area contributed by atoms with Crippen molar-refractivity contribution in [2.24, 2.45) is 0 Å². The van der Waals surface area contributed by atoms with Gasteiger partial charge >= 0.3 is 6.36 Å². The summed E-state index contributed by atoms with van der Waals surface area (Å²) in [6.45, 7) is 1.85. The van der Waals surface area contributed by atoms with E-state index in [4.69, 9.17) is 11.6 Å². The number of aromatic nitrogens is 2. The molecule has 156 valence electrons. The molecule has 1 aliphatic heterocycles. The Labute approximate surface area is 168 Å². The van der Waals surface area contributed by atoms with Gasteiger partial charge in [-0.25, -0.2) is 14.4 Å². The molecule has 1 N–H and O–H groups in total. The summed E-state index contributed by atoms with van der Waals surface area (Å²) in [6, 6.07) is 4.84. The Morgan fingerprint density at radius 3 is 2.69 bits per heavy atom. The van der Waals surface area contributed by atoms with E-state index < -0.39 is 24.3 Å². The molecular formula is C18H17ClF4N4O2. The number of piperidine rings is 1. The van der Waals surface area contributed by atoms with Crippen molar-refractivity contribution in [3.05, 3.63) is 35.6 Å². The van der Waals surface area contributed by atoms with Crippen molar-refractivity contribution >= 4 is 23.3 Å². The number of nitrogens with zero attached hydrogens (tertiary/aromatic N) is 3. The number of halogens is 5. The number of amides is 1. The number of anilines is 1. The molecule has 2 heterocycles. The summed E-state index contributed by atoms with van der Waals surface area (Å²) >= 11 is 5.89. The standard InChI is InChI=1S/C18H17ClF4N4O2/c1-10(28)26-14-4-5-27(8-13(14)20)17-7-15(24-9-25-17)11-2-3-16(12(19)6-11)29-18(21,22)23/h2-3,6-7,9,13-14H,4-5,8H2,1H3,(H,26,28). The van der Waals surface area contributed by atoms with Gasteiger partial charge in [-0.05, 0) is 24.6 Å². The van der Waals surface area contributed by atoms with Gasteiger partial charge in [-0.1, -0.05) is 11.6 Å². The Morgan fingerprint density at radius 2 is 2.07 bits per heavy atom. The predicted octanol–water partition coefficient (Wildman–Crippen LogP) is 3.75. The van der Waals surface area contributed by atoms with Gasteiger partial charge in [0, 0.05) is 25.1 Å². The predicted molar refractivity (Wildman–Crippen MR) is 98.5 cm³/mol. The molecule has 0 spiro atoms. The van der Waals surface area contributed by atoms with Crippen molar-refractivity contribution < 1.29 is 27.1 Å². The molecule has 1 aromatic heterocycles. The number of ether oxygens (including phenoxy) is 1. The van der Waals surface area contributed by atoms with Crippen LogP contribution < -0.4 is 15.0 Å². The fourth-order valence-electron chi connectivity index (χ4n) is 3.08. The Kier molecular flexibility index (Phi) is 6.11. The lowest BCUT2D eigenvalue weighted by atomic mass is 10.0. The highest BCUT2D eigenvalue weighted by molar-refractivity contribution is 6.32. The first kappa shape index (κ1) is 21.1. The van der Waals surface area contributed by atoms with E-state index in [1.165, 1.54) is 25.4 Å². The van der Waals surface area contributed by atoms with Crippen molar-refractivity contribution in [3.8, 4) is 17.0 Å². The minimum Gasteiger partial charge on any atom is -0.404 e. The van der Waals surface area contributed by atoms with Gasteiger partial charge in [0.05, 0.1) is 23.3 Å². The highest BCUT2D eigenvalue weighted by Gasteiger charge is 2.32. The lowest BCUT2D eigenvalue weighted by molar-refractivity contribution is -0.274. The van der Waals surface area contributed by atoms with Gasteiger partial charge in [0.2, 0.25) is 5.91 Å². The molecule has 11 heteroatoms. The Morgan fingerprint density at radius 1 is 1.31 bits per heavy atom. The van der Waals surface area contributed by atoms with E-state index in [1.807, 2.05) is 0 Å². The second-order valence-electron chi connectivity index (χ2n) is 6.51. The molecule has 1 fully saturated rings. The quantitative estimate of drug-likeness (QED) is 0.745. The van der Waals surface area contributed by atoms with Crippen molar-refractivity contribution in [2.45, 2.75) is 31.9 Å². The second kappa shape index (κ2) is 8.40. The van der Waals surface area contributed by atoms with Crippen LogP contribution in [0.1, 0.15) is 13.3 Å². The van der Waals surface area contributed by atoms with Crippen LogP contribution in [-0.4, -0.2) is 47.5 Å². The Balaban J connectivity index is 1.77. The minimum atomic E-state index is -4.85. The fraction of sp³-hybridized carbons (Fsp3) is 0.389. The maximum atomic E-state index is 14.4. The van der Waals surface area contributed by atoms with Gasteiger partial charge < -0.3 is 15.0 Å².